The minimum atomic E-state index is -0.363. The third-order valence-electron chi connectivity index (χ3n) is 3.83. The van der Waals surface area contributed by atoms with Crippen molar-refractivity contribution in [2.75, 3.05) is 6.54 Å². The van der Waals surface area contributed by atoms with Gasteiger partial charge in [-0.15, -0.1) is 23.7 Å². The summed E-state index contributed by atoms with van der Waals surface area (Å²) in [4.78, 5) is 12.9. The monoisotopic (exact) mass is 330 g/mol. The van der Waals surface area contributed by atoms with Gasteiger partial charge in [0.2, 0.25) is 0 Å². The quantitative estimate of drug-likeness (QED) is 0.878. The van der Waals surface area contributed by atoms with Gasteiger partial charge in [0, 0.05) is 11.2 Å². The number of halogens is 2. The van der Waals surface area contributed by atoms with E-state index in [0.29, 0.717) is 11.4 Å². The molecule has 2 aromatic rings. The summed E-state index contributed by atoms with van der Waals surface area (Å²) in [5, 5.41) is 3.78. The summed E-state index contributed by atoms with van der Waals surface area (Å²) < 4.78 is 14.1. The zero-order valence-electron chi connectivity index (χ0n) is 12.1. The number of carbonyl (C=O) groups is 1. The summed E-state index contributed by atoms with van der Waals surface area (Å²) in [7, 11) is 0. The molecule has 1 heterocycles. The Balaban J connectivity index is 0.00000220. The van der Waals surface area contributed by atoms with Crippen molar-refractivity contribution in [1.29, 1.82) is 0 Å². The molecule has 2 rings (SSSR count). The summed E-state index contributed by atoms with van der Waals surface area (Å²) in [6.07, 6.45) is 1.57. The van der Waals surface area contributed by atoms with E-state index in [0.717, 1.165) is 22.9 Å². The van der Waals surface area contributed by atoms with Crippen LogP contribution in [0.1, 0.15) is 36.4 Å². The first-order chi connectivity index (χ1) is 9.53. The zero-order chi connectivity index (χ0) is 14.8. The molecule has 0 spiro atoms. The Hall–Kier alpha value is -1.17. The van der Waals surface area contributed by atoms with Gasteiger partial charge in [-0.2, -0.15) is 0 Å². The highest BCUT2D eigenvalue weighted by Crippen LogP contribution is 2.27. The molecule has 0 saturated heterocycles. The molecule has 0 aliphatic rings. The highest BCUT2D eigenvalue weighted by Gasteiger charge is 2.27. The van der Waals surface area contributed by atoms with Crippen LogP contribution >= 0.6 is 23.7 Å². The molecule has 6 heteroatoms. The molecule has 1 aromatic carbocycles. The van der Waals surface area contributed by atoms with E-state index < -0.39 is 0 Å². The van der Waals surface area contributed by atoms with Crippen molar-refractivity contribution in [3.05, 3.63) is 35.0 Å². The van der Waals surface area contributed by atoms with E-state index >= 15 is 0 Å². The van der Waals surface area contributed by atoms with Gasteiger partial charge in [-0.25, -0.2) is 4.39 Å². The molecule has 0 radical (unpaired) electrons. The lowest BCUT2D eigenvalue weighted by molar-refractivity contribution is 0.0899. The van der Waals surface area contributed by atoms with Crippen LogP contribution in [0.2, 0.25) is 0 Å². The fourth-order valence-electron chi connectivity index (χ4n) is 2.20. The number of hydrogen-bond donors (Lipinski definition) is 2. The average molecular weight is 331 g/mol. The highest BCUT2D eigenvalue weighted by atomic mass is 35.5. The van der Waals surface area contributed by atoms with Crippen LogP contribution in [0, 0.1) is 5.82 Å². The van der Waals surface area contributed by atoms with Crippen LogP contribution in [0.5, 0.6) is 0 Å². The van der Waals surface area contributed by atoms with E-state index in [4.69, 9.17) is 5.73 Å². The van der Waals surface area contributed by atoms with Crippen molar-refractivity contribution in [3.63, 3.8) is 0 Å². The standard InChI is InChI=1S/C15H19FN2OS.ClH/c1-3-15(4-2,9-17)18-14(19)13-8-10-7-11(16)5-6-12(10)20-13;/h5-8H,3-4,9,17H2,1-2H3,(H,18,19);1H. The Bertz CT molecular complexity index is 617. The van der Waals surface area contributed by atoms with Crippen LogP contribution in [0.25, 0.3) is 10.1 Å². The van der Waals surface area contributed by atoms with Crippen LogP contribution < -0.4 is 11.1 Å². The highest BCUT2D eigenvalue weighted by molar-refractivity contribution is 7.20. The Morgan fingerprint density at radius 3 is 2.57 bits per heavy atom. The number of fused-ring (bicyclic) bond motifs is 1. The topological polar surface area (TPSA) is 55.1 Å². The maximum atomic E-state index is 13.2. The number of nitrogens with one attached hydrogen (secondary N) is 1. The number of benzene rings is 1. The van der Waals surface area contributed by atoms with Gasteiger partial charge in [-0.1, -0.05) is 13.8 Å². The number of hydrogen-bond acceptors (Lipinski definition) is 3. The van der Waals surface area contributed by atoms with Crippen molar-refractivity contribution in [1.82, 2.24) is 5.32 Å². The van der Waals surface area contributed by atoms with Gasteiger partial charge in [-0.05, 0) is 42.5 Å². The fourth-order valence-corrected chi connectivity index (χ4v) is 3.13. The van der Waals surface area contributed by atoms with Gasteiger partial charge in [-0.3, -0.25) is 4.79 Å². The first-order valence-corrected chi connectivity index (χ1v) is 7.57. The summed E-state index contributed by atoms with van der Waals surface area (Å²) >= 11 is 1.37. The van der Waals surface area contributed by atoms with E-state index in [1.807, 2.05) is 13.8 Å². The Morgan fingerprint density at radius 1 is 1.33 bits per heavy atom. The van der Waals surface area contributed by atoms with Gasteiger partial charge in [0.05, 0.1) is 10.4 Å². The van der Waals surface area contributed by atoms with E-state index in [9.17, 15) is 9.18 Å². The number of carbonyl (C=O) groups excluding carboxylic acids is 1. The van der Waals surface area contributed by atoms with Crippen LogP contribution in [0.3, 0.4) is 0 Å². The van der Waals surface area contributed by atoms with Gasteiger partial charge in [0.15, 0.2) is 0 Å². The number of thiophene rings is 1. The summed E-state index contributed by atoms with van der Waals surface area (Å²) in [6.45, 7) is 4.43. The lowest BCUT2D eigenvalue weighted by Gasteiger charge is -2.31. The number of rotatable bonds is 5. The second-order valence-electron chi connectivity index (χ2n) is 4.94. The fraction of sp³-hybridized carbons (Fsp3) is 0.400. The predicted octanol–water partition coefficient (Wildman–Crippen LogP) is 3.71. The minimum absolute atomic E-state index is 0. The predicted molar refractivity (Wildman–Crippen MR) is 88.9 cm³/mol. The van der Waals surface area contributed by atoms with Crippen LogP contribution in [-0.4, -0.2) is 18.0 Å². The minimum Gasteiger partial charge on any atom is -0.345 e. The van der Waals surface area contributed by atoms with Crippen molar-refractivity contribution < 1.29 is 9.18 Å². The molecule has 116 valence electrons. The van der Waals surface area contributed by atoms with E-state index in [1.54, 1.807) is 12.1 Å². The summed E-state index contributed by atoms with van der Waals surface area (Å²) in [5.74, 6) is -0.429. The molecule has 3 nitrogen and oxygen atoms in total. The van der Waals surface area contributed by atoms with Crippen molar-refractivity contribution in [2.45, 2.75) is 32.2 Å². The molecule has 1 aromatic heterocycles. The van der Waals surface area contributed by atoms with E-state index in [1.165, 1.54) is 23.5 Å². The molecule has 3 N–H and O–H groups in total. The maximum absolute atomic E-state index is 13.2. The van der Waals surface area contributed by atoms with Crippen molar-refractivity contribution >= 4 is 39.7 Å². The van der Waals surface area contributed by atoms with Crippen LogP contribution in [0.4, 0.5) is 4.39 Å². The van der Waals surface area contributed by atoms with E-state index in [-0.39, 0.29) is 29.7 Å². The third kappa shape index (κ3) is 3.73. The van der Waals surface area contributed by atoms with Gasteiger partial charge >= 0.3 is 0 Å². The molecule has 0 atom stereocenters. The molecule has 21 heavy (non-hydrogen) atoms. The largest absolute Gasteiger partial charge is 0.345 e. The van der Waals surface area contributed by atoms with Crippen molar-refractivity contribution in [3.8, 4) is 0 Å². The molecular formula is C15H20ClFN2OS. The van der Waals surface area contributed by atoms with Gasteiger partial charge < -0.3 is 11.1 Å². The van der Waals surface area contributed by atoms with Crippen LogP contribution in [-0.2, 0) is 0 Å². The molecule has 0 aliphatic heterocycles. The zero-order valence-corrected chi connectivity index (χ0v) is 13.7. The second-order valence-corrected chi connectivity index (χ2v) is 6.02. The molecule has 1 amide bonds. The molecular weight excluding hydrogens is 311 g/mol. The molecule has 0 aliphatic carbocycles. The smallest absolute Gasteiger partial charge is 0.261 e. The number of nitrogens with two attached hydrogens (primary N) is 1. The Labute approximate surface area is 134 Å². The van der Waals surface area contributed by atoms with E-state index in [2.05, 4.69) is 5.32 Å². The SMILES string of the molecule is CCC(CC)(CN)NC(=O)c1cc2cc(F)ccc2s1.Cl. The first-order valence-electron chi connectivity index (χ1n) is 6.75. The van der Waals surface area contributed by atoms with Gasteiger partial charge in [0.25, 0.3) is 5.91 Å². The molecule has 0 unspecified atom stereocenters. The second kappa shape index (κ2) is 7.20. The third-order valence-corrected chi connectivity index (χ3v) is 4.94. The summed E-state index contributed by atoms with van der Waals surface area (Å²) in [6, 6.07) is 6.27. The van der Waals surface area contributed by atoms with Crippen LogP contribution in [0.15, 0.2) is 24.3 Å². The average Bonchev–Trinajstić information content (AvgIpc) is 2.88. The molecule has 0 bridgehead atoms. The number of amides is 1. The lowest BCUT2D eigenvalue weighted by Crippen LogP contribution is -2.52. The lowest BCUT2D eigenvalue weighted by atomic mass is 9.93. The van der Waals surface area contributed by atoms with Crippen molar-refractivity contribution in [2.24, 2.45) is 5.73 Å². The summed E-state index contributed by atoms with van der Waals surface area (Å²) in [5.41, 5.74) is 5.43. The molecule has 0 saturated carbocycles. The van der Waals surface area contributed by atoms with Gasteiger partial charge in [0.1, 0.15) is 5.82 Å². The normalized spacial score (nSPS) is 11.2. The first kappa shape index (κ1) is 17.9. The Kier molecular flexibility index (Phi) is 6.13. The molecule has 0 fully saturated rings. The Morgan fingerprint density at radius 2 is 2.00 bits per heavy atom. The maximum Gasteiger partial charge on any atom is 0.261 e.